The molecule has 8 heteroatoms. The van der Waals surface area contributed by atoms with Gasteiger partial charge in [0.05, 0.1) is 28.5 Å². The highest BCUT2D eigenvalue weighted by Crippen LogP contribution is 2.55. The molecule has 2 aromatic heterocycles. The molecule has 2 fully saturated rings. The Kier molecular flexibility index (Phi) is 5.18. The van der Waals surface area contributed by atoms with Crippen LogP contribution in [0, 0.1) is 0 Å². The number of rotatable bonds is 4. The number of nitrogens with zero attached hydrogens (tertiary/aromatic N) is 5. The van der Waals surface area contributed by atoms with Crippen molar-refractivity contribution in [2.75, 3.05) is 61.1 Å². The predicted octanol–water partition coefficient (Wildman–Crippen LogP) is 4.14. The van der Waals surface area contributed by atoms with Crippen LogP contribution in [0.3, 0.4) is 0 Å². The molecule has 0 bridgehead atoms. The molecular weight excluding hydrogens is 444 g/mol. The molecule has 3 aromatic rings. The first-order valence-electron chi connectivity index (χ1n) is 12.0. The average molecular weight is 475 g/mol. The molecule has 0 atom stereocenters. The van der Waals surface area contributed by atoms with Crippen LogP contribution >= 0.6 is 11.9 Å². The second-order valence-electron chi connectivity index (χ2n) is 9.74. The number of fused-ring (bicyclic) bond motifs is 4. The molecule has 176 valence electrons. The largest absolute Gasteiger partial charge is 0.352 e. The molecule has 1 saturated carbocycles. The molecule has 1 saturated heterocycles. The van der Waals surface area contributed by atoms with Gasteiger partial charge in [-0.15, -0.1) is 0 Å². The molecule has 34 heavy (non-hydrogen) atoms. The zero-order valence-corrected chi connectivity index (χ0v) is 20.8. The zero-order chi connectivity index (χ0) is 23.4. The topological polar surface area (TPSA) is 64.6 Å². The molecule has 3 aliphatic rings. The second-order valence-corrected chi connectivity index (χ2v) is 10.4. The molecule has 7 nitrogen and oxygen atoms in total. The molecular formula is C26H30N6OS. The first kappa shape index (κ1) is 21.7. The van der Waals surface area contributed by atoms with Gasteiger partial charge < -0.3 is 19.4 Å². The minimum absolute atomic E-state index is 0.220. The lowest BCUT2D eigenvalue weighted by atomic mass is 9.64. The maximum absolute atomic E-state index is 13.2. The Labute approximate surface area is 204 Å². The molecule has 2 aliphatic heterocycles. The Morgan fingerprint density at radius 1 is 1.00 bits per heavy atom. The number of nitrogens with one attached hydrogen (secondary N) is 1. The Hall–Kier alpha value is -2.84. The molecule has 1 amide bonds. The first-order chi connectivity index (χ1) is 16.5. The summed E-state index contributed by atoms with van der Waals surface area (Å²) < 4.78 is 3.45. The Bertz CT molecular complexity index is 1280. The van der Waals surface area contributed by atoms with E-state index in [2.05, 4.69) is 50.8 Å². The normalized spacial score (nSPS) is 19.6. The number of amides is 1. The van der Waals surface area contributed by atoms with Crippen molar-refractivity contribution >= 4 is 46.0 Å². The van der Waals surface area contributed by atoms with Crippen molar-refractivity contribution < 1.29 is 4.79 Å². The van der Waals surface area contributed by atoms with Gasteiger partial charge in [0.1, 0.15) is 0 Å². The molecule has 0 radical (unpaired) electrons. The Morgan fingerprint density at radius 2 is 1.79 bits per heavy atom. The van der Waals surface area contributed by atoms with E-state index < -0.39 is 0 Å². The summed E-state index contributed by atoms with van der Waals surface area (Å²) in [7, 11) is 4.05. The maximum Gasteiger partial charge on any atom is 0.237 e. The predicted molar refractivity (Wildman–Crippen MR) is 141 cm³/mol. The van der Waals surface area contributed by atoms with Gasteiger partial charge in [0.15, 0.2) is 5.82 Å². The second kappa shape index (κ2) is 8.13. The van der Waals surface area contributed by atoms with Crippen molar-refractivity contribution in [3.8, 4) is 11.1 Å². The highest BCUT2D eigenvalue weighted by atomic mass is 32.2. The third-order valence-electron chi connectivity index (χ3n) is 7.82. The average Bonchev–Trinajstić information content (AvgIpc) is 3.07. The minimum atomic E-state index is -0.362. The number of aromatic nitrogens is 2. The van der Waals surface area contributed by atoms with Crippen LogP contribution < -0.4 is 14.5 Å². The Morgan fingerprint density at radius 3 is 2.50 bits per heavy atom. The standard InChI is InChI=1S/C26H30N6OS/c1-30-9-11-32(12-10-30)24-21(29-34-3)14-18(15-28-24)17-5-6-20-19(13-17)23-22(16-27-20)31(2)25(33)26(23)7-4-8-26/h5-6,13-16,29H,4,7-12H2,1-3H3. The van der Waals surface area contributed by atoms with E-state index in [-0.39, 0.29) is 11.3 Å². The number of pyridine rings is 2. The fourth-order valence-electron chi connectivity index (χ4n) is 5.72. The quantitative estimate of drug-likeness (QED) is 0.570. The molecule has 4 heterocycles. The number of hydrogen-bond donors (Lipinski definition) is 1. The lowest BCUT2D eigenvalue weighted by molar-refractivity contribution is -0.125. The molecule has 1 N–H and O–H groups in total. The van der Waals surface area contributed by atoms with Crippen LogP contribution in [0.4, 0.5) is 17.2 Å². The number of benzene rings is 1. The summed E-state index contributed by atoms with van der Waals surface area (Å²) in [6.45, 7) is 4.03. The van der Waals surface area contributed by atoms with Crippen molar-refractivity contribution in [3.63, 3.8) is 0 Å². The molecule has 1 aromatic carbocycles. The third-order valence-corrected chi connectivity index (χ3v) is 8.25. The van der Waals surface area contributed by atoms with Gasteiger partial charge in [0, 0.05) is 62.2 Å². The van der Waals surface area contributed by atoms with Crippen LogP contribution in [0.5, 0.6) is 0 Å². The maximum atomic E-state index is 13.2. The van der Waals surface area contributed by atoms with Crippen LogP contribution in [0.25, 0.3) is 22.0 Å². The Balaban J connectivity index is 1.44. The van der Waals surface area contributed by atoms with Crippen LogP contribution in [0.15, 0.2) is 36.7 Å². The number of anilines is 3. The van der Waals surface area contributed by atoms with E-state index in [1.54, 1.807) is 16.8 Å². The molecule has 1 spiro atoms. The van der Waals surface area contributed by atoms with E-state index >= 15 is 0 Å². The lowest BCUT2D eigenvalue weighted by Crippen LogP contribution is -2.45. The summed E-state index contributed by atoms with van der Waals surface area (Å²) in [6.07, 6.45) is 8.84. The lowest BCUT2D eigenvalue weighted by Gasteiger charge is -2.37. The van der Waals surface area contributed by atoms with Crippen molar-refractivity contribution in [2.24, 2.45) is 0 Å². The molecule has 6 rings (SSSR count). The smallest absolute Gasteiger partial charge is 0.237 e. The number of piperazine rings is 1. The van der Waals surface area contributed by atoms with Crippen LogP contribution in [-0.4, -0.2) is 67.3 Å². The minimum Gasteiger partial charge on any atom is -0.352 e. The molecule has 1 aliphatic carbocycles. The van der Waals surface area contributed by atoms with Crippen molar-refractivity contribution in [1.82, 2.24) is 14.9 Å². The number of carbonyl (C=O) groups excluding carboxylic acids is 1. The van der Waals surface area contributed by atoms with Crippen LogP contribution in [0.2, 0.25) is 0 Å². The summed E-state index contributed by atoms with van der Waals surface area (Å²) in [6, 6.07) is 8.61. The third kappa shape index (κ3) is 3.19. The van der Waals surface area contributed by atoms with Gasteiger partial charge in [0.2, 0.25) is 5.91 Å². The van der Waals surface area contributed by atoms with Gasteiger partial charge in [-0.25, -0.2) is 4.98 Å². The van der Waals surface area contributed by atoms with Gasteiger partial charge in [0.25, 0.3) is 0 Å². The van der Waals surface area contributed by atoms with E-state index in [0.29, 0.717) is 0 Å². The van der Waals surface area contributed by atoms with Gasteiger partial charge >= 0.3 is 0 Å². The summed E-state index contributed by atoms with van der Waals surface area (Å²) in [5.41, 5.74) is 5.91. The van der Waals surface area contributed by atoms with Gasteiger partial charge in [-0.2, -0.15) is 0 Å². The van der Waals surface area contributed by atoms with Crippen LogP contribution in [-0.2, 0) is 10.2 Å². The van der Waals surface area contributed by atoms with Crippen molar-refractivity contribution in [1.29, 1.82) is 0 Å². The van der Waals surface area contributed by atoms with E-state index in [9.17, 15) is 4.79 Å². The zero-order valence-electron chi connectivity index (χ0n) is 20.0. The molecule has 0 unspecified atom stereocenters. The van der Waals surface area contributed by atoms with E-state index in [4.69, 9.17) is 4.98 Å². The fourth-order valence-corrected chi connectivity index (χ4v) is 6.09. The van der Waals surface area contributed by atoms with Crippen molar-refractivity contribution in [3.05, 3.63) is 42.2 Å². The van der Waals surface area contributed by atoms with E-state index in [0.717, 1.165) is 84.7 Å². The first-order valence-corrected chi connectivity index (χ1v) is 13.2. The van der Waals surface area contributed by atoms with Crippen LogP contribution in [0.1, 0.15) is 24.8 Å². The highest BCUT2D eigenvalue weighted by Gasteiger charge is 2.54. The summed E-state index contributed by atoms with van der Waals surface area (Å²) in [4.78, 5) is 29.3. The number of hydrogen-bond acceptors (Lipinski definition) is 7. The van der Waals surface area contributed by atoms with Gasteiger partial charge in [-0.3, -0.25) is 9.78 Å². The SMILES string of the molecule is CSNc1cc(-c2ccc3ncc4c(c3c2)C2(CCC2)C(=O)N4C)cnc1N1CCN(C)CC1. The number of carbonyl (C=O) groups is 1. The van der Waals surface area contributed by atoms with E-state index in [1.165, 1.54) is 5.56 Å². The monoisotopic (exact) mass is 474 g/mol. The van der Waals surface area contributed by atoms with Gasteiger partial charge in [-0.1, -0.05) is 24.4 Å². The highest BCUT2D eigenvalue weighted by molar-refractivity contribution is 7.99. The van der Waals surface area contributed by atoms with Crippen molar-refractivity contribution in [2.45, 2.75) is 24.7 Å². The van der Waals surface area contributed by atoms with Gasteiger partial charge in [-0.05, 0) is 43.7 Å². The number of likely N-dealkylation sites (N-methyl/N-ethyl adjacent to an activating group) is 2. The summed E-state index contributed by atoms with van der Waals surface area (Å²) in [5.74, 6) is 1.23. The summed E-state index contributed by atoms with van der Waals surface area (Å²) >= 11 is 1.59. The summed E-state index contributed by atoms with van der Waals surface area (Å²) in [5, 5.41) is 1.09. The fraction of sp³-hybridized carbons (Fsp3) is 0.423. The van der Waals surface area contributed by atoms with E-state index in [1.807, 2.05) is 25.7 Å².